The van der Waals surface area contributed by atoms with Gasteiger partial charge in [0.1, 0.15) is 5.82 Å². The summed E-state index contributed by atoms with van der Waals surface area (Å²) in [4.78, 5) is 7.82. The average molecular weight is 283 g/mol. The largest absolute Gasteiger partial charge is 0.381 e. The van der Waals surface area contributed by atoms with Crippen molar-refractivity contribution in [1.29, 1.82) is 0 Å². The van der Waals surface area contributed by atoms with E-state index in [1.165, 1.54) is 18.5 Å². The van der Waals surface area contributed by atoms with Crippen LogP contribution in [0.3, 0.4) is 0 Å². The van der Waals surface area contributed by atoms with Gasteiger partial charge in [0.15, 0.2) is 11.6 Å². The summed E-state index contributed by atoms with van der Waals surface area (Å²) in [6.45, 7) is 0. The van der Waals surface area contributed by atoms with Gasteiger partial charge < -0.3 is 11.1 Å². The number of hydrogen-bond donors (Lipinski definition) is 2. The van der Waals surface area contributed by atoms with Crippen LogP contribution in [-0.4, -0.2) is 9.97 Å². The molecule has 0 saturated heterocycles. The number of halogens is 2. The van der Waals surface area contributed by atoms with E-state index in [-0.39, 0.29) is 17.3 Å². The molecule has 2 rings (SSSR count). The van der Waals surface area contributed by atoms with Crippen molar-refractivity contribution in [2.45, 2.75) is 0 Å². The monoisotopic (exact) mass is 282 g/mol. The van der Waals surface area contributed by atoms with E-state index in [4.69, 9.17) is 5.73 Å². The molecule has 0 bridgehead atoms. The Kier molecular flexibility index (Phi) is 3.00. The van der Waals surface area contributed by atoms with Gasteiger partial charge in [0.25, 0.3) is 0 Å². The molecule has 0 unspecified atom stereocenters. The molecule has 16 heavy (non-hydrogen) atoms. The summed E-state index contributed by atoms with van der Waals surface area (Å²) in [5.41, 5.74) is 5.88. The molecule has 0 atom stereocenters. The van der Waals surface area contributed by atoms with Gasteiger partial charge in [0.2, 0.25) is 0 Å². The molecule has 0 spiro atoms. The van der Waals surface area contributed by atoms with E-state index in [2.05, 4.69) is 31.2 Å². The summed E-state index contributed by atoms with van der Waals surface area (Å²) in [7, 11) is 0. The zero-order valence-electron chi connectivity index (χ0n) is 8.11. The first-order chi connectivity index (χ1) is 7.68. The molecule has 6 heteroatoms. The molecule has 4 nitrogen and oxygen atoms in total. The Bertz CT molecular complexity index is 498. The number of rotatable bonds is 2. The molecule has 1 aromatic heterocycles. The minimum atomic E-state index is -0.389. The lowest BCUT2D eigenvalue weighted by molar-refractivity contribution is 0.631. The van der Waals surface area contributed by atoms with Gasteiger partial charge in [-0.25, -0.2) is 14.4 Å². The quantitative estimate of drug-likeness (QED) is 0.889. The number of benzene rings is 1. The molecule has 0 aliphatic heterocycles. The second-order valence-electron chi connectivity index (χ2n) is 3.01. The fraction of sp³-hybridized carbons (Fsp3) is 0. The maximum absolute atomic E-state index is 13.5. The Morgan fingerprint density at radius 2 is 2.00 bits per heavy atom. The molecule has 0 fully saturated rings. The van der Waals surface area contributed by atoms with Crippen molar-refractivity contribution < 1.29 is 4.39 Å². The van der Waals surface area contributed by atoms with Gasteiger partial charge in [0, 0.05) is 16.9 Å². The normalized spacial score (nSPS) is 10.1. The molecule has 1 heterocycles. The van der Waals surface area contributed by atoms with Crippen molar-refractivity contribution >= 4 is 33.3 Å². The van der Waals surface area contributed by atoms with Crippen molar-refractivity contribution in [2.75, 3.05) is 11.1 Å². The molecule has 0 radical (unpaired) electrons. The van der Waals surface area contributed by atoms with Crippen molar-refractivity contribution in [1.82, 2.24) is 9.97 Å². The van der Waals surface area contributed by atoms with Gasteiger partial charge in [0.05, 0.1) is 5.69 Å². The Morgan fingerprint density at radius 3 is 2.69 bits per heavy atom. The van der Waals surface area contributed by atoms with Crippen LogP contribution in [0.15, 0.2) is 35.1 Å². The number of nitrogen functional groups attached to an aromatic ring is 1. The van der Waals surface area contributed by atoms with Crippen molar-refractivity contribution in [3.63, 3.8) is 0 Å². The number of aromatic nitrogens is 2. The minimum absolute atomic E-state index is 0.220. The molecule has 0 aliphatic rings. The van der Waals surface area contributed by atoms with Crippen LogP contribution in [0.4, 0.5) is 21.7 Å². The van der Waals surface area contributed by atoms with Gasteiger partial charge in [-0.1, -0.05) is 6.07 Å². The zero-order chi connectivity index (χ0) is 11.5. The predicted octanol–water partition coefficient (Wildman–Crippen LogP) is 2.70. The van der Waals surface area contributed by atoms with Crippen LogP contribution in [0, 0.1) is 5.82 Å². The summed E-state index contributed by atoms with van der Waals surface area (Å²) < 4.78 is 14.1. The fourth-order valence-corrected chi connectivity index (χ4v) is 1.62. The second-order valence-corrected chi connectivity index (χ2v) is 3.87. The standard InChI is InChI=1S/C10H8BrFN4/c11-6-2-1-3-7(12)8(6)16-10-9(13)14-4-5-15-10/h1-5H,(H2,13,14)(H,15,16). The first kappa shape index (κ1) is 10.8. The summed E-state index contributed by atoms with van der Waals surface area (Å²) in [6, 6.07) is 4.67. The summed E-state index contributed by atoms with van der Waals surface area (Å²) in [5.74, 6) is 0.158. The number of anilines is 3. The van der Waals surface area contributed by atoms with Gasteiger partial charge in [-0.05, 0) is 28.1 Å². The van der Waals surface area contributed by atoms with Crippen molar-refractivity contribution in [3.8, 4) is 0 Å². The lowest BCUT2D eigenvalue weighted by Crippen LogP contribution is -2.02. The van der Waals surface area contributed by atoms with E-state index < -0.39 is 0 Å². The predicted molar refractivity (Wildman–Crippen MR) is 63.8 cm³/mol. The topological polar surface area (TPSA) is 63.8 Å². The Morgan fingerprint density at radius 1 is 1.25 bits per heavy atom. The van der Waals surface area contributed by atoms with Gasteiger partial charge in [-0.15, -0.1) is 0 Å². The lowest BCUT2D eigenvalue weighted by atomic mass is 10.3. The van der Waals surface area contributed by atoms with E-state index in [1.807, 2.05) is 0 Å². The number of nitrogens with one attached hydrogen (secondary N) is 1. The SMILES string of the molecule is Nc1nccnc1Nc1c(F)cccc1Br. The Hall–Kier alpha value is -1.69. The average Bonchev–Trinajstić information content (AvgIpc) is 2.26. The number of nitrogens with two attached hydrogens (primary N) is 1. The maximum Gasteiger partial charge on any atom is 0.173 e. The maximum atomic E-state index is 13.5. The molecule has 3 N–H and O–H groups in total. The molecule has 2 aromatic rings. The van der Waals surface area contributed by atoms with Gasteiger partial charge >= 0.3 is 0 Å². The Balaban J connectivity index is 2.38. The highest BCUT2D eigenvalue weighted by molar-refractivity contribution is 9.10. The number of para-hydroxylation sites is 1. The van der Waals surface area contributed by atoms with Crippen LogP contribution < -0.4 is 11.1 Å². The first-order valence-electron chi connectivity index (χ1n) is 4.46. The fourth-order valence-electron chi connectivity index (χ4n) is 1.18. The van der Waals surface area contributed by atoms with Crippen LogP contribution in [0.2, 0.25) is 0 Å². The molecule has 1 aromatic carbocycles. The minimum Gasteiger partial charge on any atom is -0.381 e. The Labute approximate surface area is 99.9 Å². The highest BCUT2D eigenvalue weighted by Gasteiger charge is 2.09. The van der Waals surface area contributed by atoms with Crippen LogP contribution in [-0.2, 0) is 0 Å². The molecular formula is C10H8BrFN4. The van der Waals surface area contributed by atoms with Gasteiger partial charge in [-0.2, -0.15) is 0 Å². The van der Waals surface area contributed by atoms with E-state index in [1.54, 1.807) is 12.1 Å². The van der Waals surface area contributed by atoms with Crippen LogP contribution in [0.5, 0.6) is 0 Å². The van der Waals surface area contributed by atoms with E-state index in [0.29, 0.717) is 10.3 Å². The zero-order valence-corrected chi connectivity index (χ0v) is 9.70. The third-order valence-corrected chi connectivity index (χ3v) is 2.59. The molecular weight excluding hydrogens is 275 g/mol. The lowest BCUT2D eigenvalue weighted by Gasteiger charge is -2.09. The van der Waals surface area contributed by atoms with Crippen LogP contribution in [0.25, 0.3) is 0 Å². The van der Waals surface area contributed by atoms with E-state index in [0.717, 1.165) is 0 Å². The third-order valence-electron chi connectivity index (χ3n) is 1.93. The van der Waals surface area contributed by atoms with E-state index in [9.17, 15) is 4.39 Å². The summed E-state index contributed by atoms with van der Waals surface area (Å²) in [6.07, 6.45) is 2.95. The summed E-state index contributed by atoms with van der Waals surface area (Å²) >= 11 is 3.24. The summed E-state index contributed by atoms with van der Waals surface area (Å²) in [5, 5.41) is 2.79. The molecule has 0 amide bonds. The van der Waals surface area contributed by atoms with Crippen molar-refractivity contribution in [2.24, 2.45) is 0 Å². The second kappa shape index (κ2) is 4.44. The number of hydrogen-bond acceptors (Lipinski definition) is 4. The van der Waals surface area contributed by atoms with Crippen LogP contribution in [0.1, 0.15) is 0 Å². The third kappa shape index (κ3) is 2.11. The number of nitrogens with zero attached hydrogens (tertiary/aromatic N) is 2. The first-order valence-corrected chi connectivity index (χ1v) is 5.25. The highest BCUT2D eigenvalue weighted by Crippen LogP contribution is 2.28. The molecule has 82 valence electrons. The van der Waals surface area contributed by atoms with Crippen molar-refractivity contribution in [3.05, 3.63) is 40.9 Å². The van der Waals surface area contributed by atoms with Gasteiger partial charge in [-0.3, -0.25) is 0 Å². The van der Waals surface area contributed by atoms with Crippen LogP contribution >= 0.6 is 15.9 Å². The smallest absolute Gasteiger partial charge is 0.173 e. The molecule has 0 aliphatic carbocycles. The van der Waals surface area contributed by atoms with E-state index >= 15 is 0 Å². The molecule has 0 saturated carbocycles. The highest BCUT2D eigenvalue weighted by atomic mass is 79.9.